The number of hydrogen-bond donors (Lipinski definition) is 1. The molecule has 0 bridgehead atoms. The topological polar surface area (TPSA) is 85.2 Å². The molecule has 0 aliphatic rings. The molecule has 0 aliphatic carbocycles. The van der Waals surface area contributed by atoms with Crippen LogP contribution in [0.2, 0.25) is 0 Å². The lowest BCUT2D eigenvalue weighted by atomic mass is 10.1. The molecule has 7 nitrogen and oxygen atoms in total. The Bertz CT molecular complexity index is 1350. The molecule has 0 saturated heterocycles. The van der Waals surface area contributed by atoms with Crippen LogP contribution in [0.4, 0.5) is 5.82 Å². The number of allylic oxidation sites excluding steroid dienone is 1. The number of ether oxygens (including phenoxy) is 1. The first-order chi connectivity index (χ1) is 16.7. The molecule has 0 saturated carbocycles. The standard InChI is InChI=1S/C27H26N6O/c1-4-26(34-3)29-12-5-6-20-7-9-23-25(15-20)32-18-33-27(23)31-17-21-8-10-24(30-16-21)22-11-13-28-19(2)14-22/h4-5,7-16,18H,1,6,17H2,2-3H3,(H,31,32,33). The molecular weight excluding hydrogens is 424 g/mol. The van der Waals surface area contributed by atoms with Gasteiger partial charge in [0, 0.05) is 41.8 Å². The Morgan fingerprint density at radius 1 is 1.06 bits per heavy atom. The highest BCUT2D eigenvalue weighted by Crippen LogP contribution is 2.22. The minimum Gasteiger partial charge on any atom is -0.481 e. The van der Waals surface area contributed by atoms with Crippen LogP contribution in [0.25, 0.3) is 22.2 Å². The van der Waals surface area contributed by atoms with Crippen molar-refractivity contribution in [1.29, 1.82) is 0 Å². The quantitative estimate of drug-likeness (QED) is 0.290. The highest BCUT2D eigenvalue weighted by atomic mass is 16.5. The molecule has 0 unspecified atom stereocenters. The van der Waals surface area contributed by atoms with Gasteiger partial charge < -0.3 is 10.1 Å². The Labute approximate surface area is 199 Å². The summed E-state index contributed by atoms with van der Waals surface area (Å²) in [5.74, 6) is 1.27. The predicted molar refractivity (Wildman–Crippen MR) is 137 cm³/mol. The van der Waals surface area contributed by atoms with E-state index in [-0.39, 0.29) is 0 Å². The van der Waals surface area contributed by atoms with Gasteiger partial charge in [-0.2, -0.15) is 0 Å². The maximum Gasteiger partial charge on any atom is 0.212 e. The molecule has 0 atom stereocenters. The number of pyridine rings is 2. The third-order valence-corrected chi connectivity index (χ3v) is 5.22. The zero-order valence-corrected chi connectivity index (χ0v) is 19.3. The van der Waals surface area contributed by atoms with Crippen LogP contribution in [-0.4, -0.2) is 32.9 Å². The first-order valence-electron chi connectivity index (χ1n) is 10.9. The van der Waals surface area contributed by atoms with Crippen LogP contribution in [0.3, 0.4) is 0 Å². The SMILES string of the molecule is C=CC(=NC=CCc1ccc2c(NCc3ccc(-c4ccnc(C)c4)nc3)ncnc2c1)OC. The molecule has 0 amide bonds. The van der Waals surface area contributed by atoms with E-state index in [1.807, 2.05) is 43.5 Å². The molecule has 4 rings (SSSR count). The number of rotatable bonds is 8. The van der Waals surface area contributed by atoms with Crippen molar-refractivity contribution in [1.82, 2.24) is 19.9 Å². The van der Waals surface area contributed by atoms with Crippen LogP contribution < -0.4 is 5.32 Å². The van der Waals surface area contributed by atoms with E-state index in [1.54, 1.807) is 31.9 Å². The molecule has 34 heavy (non-hydrogen) atoms. The first kappa shape index (κ1) is 22.8. The summed E-state index contributed by atoms with van der Waals surface area (Å²) in [6.07, 6.45) is 11.2. The maximum atomic E-state index is 5.06. The van der Waals surface area contributed by atoms with Gasteiger partial charge in [-0.15, -0.1) is 0 Å². The van der Waals surface area contributed by atoms with Gasteiger partial charge in [-0.1, -0.05) is 24.8 Å². The van der Waals surface area contributed by atoms with Crippen LogP contribution in [0, 0.1) is 6.92 Å². The highest BCUT2D eigenvalue weighted by Gasteiger charge is 2.06. The monoisotopic (exact) mass is 450 g/mol. The number of aryl methyl sites for hydroxylation is 1. The van der Waals surface area contributed by atoms with Gasteiger partial charge in [-0.05, 0) is 60.9 Å². The van der Waals surface area contributed by atoms with Gasteiger partial charge in [-0.25, -0.2) is 15.0 Å². The van der Waals surface area contributed by atoms with Gasteiger partial charge in [0.05, 0.1) is 18.3 Å². The molecule has 0 spiro atoms. The molecule has 3 aromatic heterocycles. The number of anilines is 1. The van der Waals surface area contributed by atoms with Crippen LogP contribution >= 0.6 is 0 Å². The van der Waals surface area contributed by atoms with E-state index < -0.39 is 0 Å². The van der Waals surface area contributed by atoms with Crippen LogP contribution in [0.5, 0.6) is 0 Å². The number of methoxy groups -OCH3 is 1. The summed E-state index contributed by atoms with van der Waals surface area (Å²) in [5, 5.41) is 4.38. The van der Waals surface area contributed by atoms with Crippen molar-refractivity contribution in [2.45, 2.75) is 19.9 Å². The minimum atomic E-state index is 0.482. The lowest BCUT2D eigenvalue weighted by Gasteiger charge is -2.10. The Balaban J connectivity index is 1.43. The smallest absolute Gasteiger partial charge is 0.212 e. The Morgan fingerprint density at radius 3 is 2.71 bits per heavy atom. The number of aliphatic imine (C=N–C) groups is 1. The zero-order valence-electron chi connectivity index (χ0n) is 19.3. The predicted octanol–water partition coefficient (Wildman–Crippen LogP) is 5.29. The van der Waals surface area contributed by atoms with Crippen molar-refractivity contribution in [2.75, 3.05) is 12.4 Å². The number of fused-ring (bicyclic) bond motifs is 1. The van der Waals surface area contributed by atoms with E-state index in [0.29, 0.717) is 12.4 Å². The fourth-order valence-electron chi connectivity index (χ4n) is 3.46. The number of benzene rings is 1. The van der Waals surface area contributed by atoms with Gasteiger partial charge in [0.15, 0.2) is 0 Å². The average molecular weight is 451 g/mol. The van der Waals surface area contributed by atoms with Crippen molar-refractivity contribution in [3.63, 3.8) is 0 Å². The third-order valence-electron chi connectivity index (χ3n) is 5.22. The molecule has 1 N–H and O–H groups in total. The third kappa shape index (κ3) is 5.69. The van der Waals surface area contributed by atoms with E-state index in [0.717, 1.165) is 51.2 Å². The molecule has 0 aliphatic heterocycles. The summed E-state index contributed by atoms with van der Waals surface area (Å²) < 4.78 is 5.06. The summed E-state index contributed by atoms with van der Waals surface area (Å²) in [5.41, 5.74) is 6.05. The van der Waals surface area contributed by atoms with Crippen molar-refractivity contribution in [2.24, 2.45) is 4.99 Å². The lowest BCUT2D eigenvalue weighted by molar-refractivity contribution is 0.407. The first-order valence-corrected chi connectivity index (χ1v) is 10.9. The van der Waals surface area contributed by atoms with Gasteiger partial charge in [-0.3, -0.25) is 9.97 Å². The van der Waals surface area contributed by atoms with Gasteiger partial charge in [0.25, 0.3) is 0 Å². The Morgan fingerprint density at radius 2 is 1.94 bits per heavy atom. The maximum absolute atomic E-state index is 5.06. The number of hydrogen-bond acceptors (Lipinski definition) is 7. The molecule has 4 aromatic rings. The normalized spacial score (nSPS) is 11.6. The fourth-order valence-corrected chi connectivity index (χ4v) is 3.46. The fraction of sp³-hybridized carbons (Fsp3) is 0.148. The van der Waals surface area contributed by atoms with E-state index >= 15 is 0 Å². The molecule has 1 aromatic carbocycles. The summed E-state index contributed by atoms with van der Waals surface area (Å²) in [6.45, 7) is 6.24. The molecule has 3 heterocycles. The van der Waals surface area contributed by atoms with Gasteiger partial charge in [0.1, 0.15) is 12.1 Å². The summed E-state index contributed by atoms with van der Waals surface area (Å²) in [6, 6.07) is 14.3. The summed E-state index contributed by atoms with van der Waals surface area (Å²) in [4.78, 5) is 21.9. The highest BCUT2D eigenvalue weighted by molar-refractivity contribution is 5.89. The number of aromatic nitrogens is 4. The average Bonchev–Trinajstić information content (AvgIpc) is 2.87. The second-order valence-corrected chi connectivity index (χ2v) is 7.63. The Hall–Kier alpha value is -4.39. The molecular formula is C27H26N6O. The Kier molecular flexibility index (Phi) is 7.35. The van der Waals surface area contributed by atoms with Gasteiger partial charge >= 0.3 is 0 Å². The molecule has 7 heteroatoms. The van der Waals surface area contributed by atoms with Crippen LogP contribution in [0.1, 0.15) is 16.8 Å². The van der Waals surface area contributed by atoms with Crippen molar-refractivity contribution >= 4 is 22.6 Å². The molecule has 0 radical (unpaired) electrons. The summed E-state index contributed by atoms with van der Waals surface area (Å²) >= 11 is 0. The molecule has 170 valence electrons. The second-order valence-electron chi connectivity index (χ2n) is 7.63. The van der Waals surface area contributed by atoms with E-state index in [4.69, 9.17) is 4.74 Å². The van der Waals surface area contributed by atoms with Crippen LogP contribution in [-0.2, 0) is 17.7 Å². The minimum absolute atomic E-state index is 0.482. The van der Waals surface area contributed by atoms with Gasteiger partial charge in [0.2, 0.25) is 5.90 Å². The molecule has 0 fully saturated rings. The van der Waals surface area contributed by atoms with E-state index in [1.165, 1.54) is 0 Å². The lowest BCUT2D eigenvalue weighted by Crippen LogP contribution is -2.03. The largest absolute Gasteiger partial charge is 0.481 e. The number of nitrogens with zero attached hydrogens (tertiary/aromatic N) is 5. The van der Waals surface area contributed by atoms with E-state index in [9.17, 15) is 0 Å². The van der Waals surface area contributed by atoms with Crippen molar-refractivity contribution in [3.05, 3.63) is 103 Å². The second kappa shape index (κ2) is 11.0. The van der Waals surface area contributed by atoms with Crippen molar-refractivity contribution in [3.8, 4) is 11.3 Å². The van der Waals surface area contributed by atoms with Crippen molar-refractivity contribution < 1.29 is 4.74 Å². The van der Waals surface area contributed by atoms with E-state index in [2.05, 4.69) is 55.0 Å². The number of nitrogens with one attached hydrogen (secondary N) is 1. The summed E-state index contributed by atoms with van der Waals surface area (Å²) in [7, 11) is 1.57. The van der Waals surface area contributed by atoms with Crippen LogP contribution in [0.15, 0.2) is 91.1 Å². The zero-order chi connectivity index (χ0) is 23.8.